The van der Waals surface area contributed by atoms with Crippen LogP contribution in [0.25, 0.3) is 0 Å². The van der Waals surface area contributed by atoms with Crippen molar-refractivity contribution >= 4 is 21.6 Å². The summed E-state index contributed by atoms with van der Waals surface area (Å²) < 4.78 is 32.6. The molecular formula is C14H19ClN2O4S. The Labute approximate surface area is 135 Å². The molecule has 3 rings (SSSR count). The van der Waals surface area contributed by atoms with Gasteiger partial charge in [-0.3, -0.25) is 4.84 Å². The van der Waals surface area contributed by atoms with Crippen molar-refractivity contribution in [3.05, 3.63) is 34.9 Å². The van der Waals surface area contributed by atoms with Crippen LogP contribution in [0.4, 0.5) is 0 Å². The Kier molecular flexibility index (Phi) is 4.72. The van der Waals surface area contributed by atoms with Crippen molar-refractivity contribution < 1.29 is 18.0 Å². The monoisotopic (exact) mass is 346 g/mol. The highest BCUT2D eigenvalue weighted by atomic mass is 35.5. The average Bonchev–Trinajstić information content (AvgIpc) is 2.91. The van der Waals surface area contributed by atoms with Gasteiger partial charge in [0.2, 0.25) is 10.0 Å². The molecule has 0 amide bonds. The quantitative estimate of drug-likeness (QED) is 0.825. The van der Waals surface area contributed by atoms with Crippen molar-refractivity contribution in [2.45, 2.75) is 11.3 Å². The highest BCUT2D eigenvalue weighted by molar-refractivity contribution is 7.89. The van der Waals surface area contributed by atoms with Crippen LogP contribution in [0.15, 0.2) is 24.3 Å². The molecule has 0 spiro atoms. The molecule has 6 nitrogen and oxygen atoms in total. The molecule has 2 saturated heterocycles. The summed E-state index contributed by atoms with van der Waals surface area (Å²) in [6.45, 7) is 1.76. The van der Waals surface area contributed by atoms with Crippen molar-refractivity contribution in [3.63, 3.8) is 0 Å². The number of hydrogen-bond acceptors (Lipinski definition) is 5. The number of sulfonamides is 1. The van der Waals surface area contributed by atoms with Crippen LogP contribution in [0, 0.1) is 0 Å². The van der Waals surface area contributed by atoms with E-state index in [1.807, 2.05) is 18.2 Å². The van der Waals surface area contributed by atoms with E-state index in [1.54, 1.807) is 18.2 Å². The van der Waals surface area contributed by atoms with E-state index in [-0.39, 0.29) is 6.61 Å². The minimum absolute atomic E-state index is 0.131. The second kappa shape index (κ2) is 6.43. The van der Waals surface area contributed by atoms with E-state index in [9.17, 15) is 8.42 Å². The zero-order valence-corrected chi connectivity index (χ0v) is 13.9. The lowest BCUT2D eigenvalue weighted by molar-refractivity contribution is -0.110. The maximum Gasteiger partial charge on any atom is 0.221 e. The summed E-state index contributed by atoms with van der Waals surface area (Å²) in [7, 11) is -1.74. The van der Waals surface area contributed by atoms with Gasteiger partial charge in [-0.15, -0.1) is 0 Å². The lowest BCUT2D eigenvalue weighted by atomic mass is 10.0. The molecule has 0 aromatic heterocycles. The van der Waals surface area contributed by atoms with Crippen LogP contribution in [0.5, 0.6) is 0 Å². The number of morpholine rings is 1. The van der Waals surface area contributed by atoms with Gasteiger partial charge in [-0.05, 0) is 11.6 Å². The number of hydrogen-bond donors (Lipinski definition) is 0. The van der Waals surface area contributed by atoms with Crippen LogP contribution in [0.1, 0.15) is 11.6 Å². The van der Waals surface area contributed by atoms with Crippen molar-refractivity contribution in [2.75, 3.05) is 40.0 Å². The molecule has 8 heteroatoms. The lowest BCUT2D eigenvalue weighted by Crippen LogP contribution is -2.47. The van der Waals surface area contributed by atoms with Crippen LogP contribution in [0.3, 0.4) is 0 Å². The van der Waals surface area contributed by atoms with Crippen molar-refractivity contribution in [3.8, 4) is 0 Å². The molecule has 0 radical (unpaired) electrons. The predicted octanol–water partition coefficient (Wildman–Crippen LogP) is 1.29. The van der Waals surface area contributed by atoms with Gasteiger partial charge < -0.3 is 4.74 Å². The van der Waals surface area contributed by atoms with E-state index >= 15 is 0 Å². The van der Waals surface area contributed by atoms with E-state index in [0.717, 1.165) is 5.56 Å². The average molecular weight is 347 g/mol. The summed E-state index contributed by atoms with van der Waals surface area (Å²) in [5, 5.41) is 1.46. The highest BCUT2D eigenvalue weighted by Crippen LogP contribution is 2.38. The van der Waals surface area contributed by atoms with Crippen molar-refractivity contribution in [2.24, 2.45) is 0 Å². The smallest absolute Gasteiger partial charge is 0.221 e. The summed E-state index contributed by atoms with van der Waals surface area (Å²) in [5.41, 5.74) is 0.769. The number of benzene rings is 1. The number of ether oxygens (including phenoxy) is 1. The van der Waals surface area contributed by atoms with Crippen LogP contribution in [-0.4, -0.2) is 63.0 Å². The molecule has 2 unspecified atom stereocenters. The van der Waals surface area contributed by atoms with Crippen LogP contribution < -0.4 is 0 Å². The first-order valence-corrected chi connectivity index (χ1v) is 9.07. The minimum atomic E-state index is -3.48. The Hall–Kier alpha value is -0.700. The molecule has 2 heterocycles. The Morgan fingerprint density at radius 1 is 1.23 bits per heavy atom. The predicted molar refractivity (Wildman–Crippen MR) is 83.0 cm³/mol. The molecule has 0 saturated carbocycles. The van der Waals surface area contributed by atoms with E-state index in [0.29, 0.717) is 31.3 Å². The van der Waals surface area contributed by atoms with Crippen molar-refractivity contribution in [1.82, 2.24) is 9.37 Å². The zero-order valence-electron chi connectivity index (χ0n) is 12.3. The number of nitrogens with zero attached hydrogens (tertiary/aromatic N) is 2. The summed E-state index contributed by atoms with van der Waals surface area (Å²) in [4.78, 5) is 5.50. The summed E-state index contributed by atoms with van der Waals surface area (Å²) in [6, 6.07) is 6.88. The summed E-state index contributed by atoms with van der Waals surface area (Å²) >= 11 is 6.26. The molecule has 2 atom stereocenters. The van der Waals surface area contributed by atoms with Crippen LogP contribution in [0.2, 0.25) is 5.02 Å². The second-order valence-electron chi connectivity index (χ2n) is 5.40. The molecule has 2 fully saturated rings. The molecule has 0 N–H and O–H groups in total. The van der Waals surface area contributed by atoms with Gasteiger partial charge in [-0.1, -0.05) is 29.8 Å². The maximum atomic E-state index is 12.9. The highest BCUT2D eigenvalue weighted by Gasteiger charge is 2.46. The molecule has 122 valence electrons. The van der Waals surface area contributed by atoms with E-state index in [2.05, 4.69) is 0 Å². The third kappa shape index (κ3) is 2.89. The molecule has 1 aromatic rings. The minimum Gasteiger partial charge on any atom is -0.379 e. The first kappa shape index (κ1) is 16.2. The van der Waals surface area contributed by atoms with Gasteiger partial charge in [0.1, 0.15) is 5.25 Å². The van der Waals surface area contributed by atoms with E-state index < -0.39 is 21.3 Å². The number of hydroxylamine groups is 2. The topological polar surface area (TPSA) is 59.1 Å². The van der Waals surface area contributed by atoms with E-state index in [4.69, 9.17) is 21.2 Å². The van der Waals surface area contributed by atoms with E-state index in [1.165, 1.54) is 4.31 Å². The Balaban J connectivity index is 1.93. The largest absolute Gasteiger partial charge is 0.379 e. The summed E-state index contributed by atoms with van der Waals surface area (Å²) in [6.07, 6.45) is 0. The Morgan fingerprint density at radius 2 is 1.91 bits per heavy atom. The third-order valence-electron chi connectivity index (χ3n) is 4.12. The van der Waals surface area contributed by atoms with Gasteiger partial charge in [-0.2, -0.15) is 9.37 Å². The van der Waals surface area contributed by atoms with Gasteiger partial charge in [0.15, 0.2) is 0 Å². The Morgan fingerprint density at radius 3 is 2.59 bits per heavy atom. The van der Waals surface area contributed by atoms with Gasteiger partial charge in [0, 0.05) is 25.2 Å². The first-order valence-electron chi connectivity index (χ1n) is 7.18. The third-order valence-corrected chi connectivity index (χ3v) is 6.71. The fourth-order valence-corrected chi connectivity index (χ4v) is 5.11. The number of rotatable bonds is 3. The first-order chi connectivity index (χ1) is 10.5. The van der Waals surface area contributed by atoms with Crippen LogP contribution in [-0.2, 0) is 19.6 Å². The molecule has 1 aromatic carbocycles. The van der Waals surface area contributed by atoms with Gasteiger partial charge in [0.05, 0.1) is 25.9 Å². The molecule has 2 aliphatic rings. The molecular weight excluding hydrogens is 328 g/mol. The van der Waals surface area contributed by atoms with Gasteiger partial charge in [0.25, 0.3) is 0 Å². The molecule has 2 aliphatic heterocycles. The van der Waals surface area contributed by atoms with Crippen LogP contribution >= 0.6 is 11.6 Å². The standard InChI is InChI=1S/C14H19ClN2O4S/c1-16-14(11-4-2-3-5-12(11)15)13(10-21-16)22(18,19)17-6-8-20-9-7-17/h2-5,13-14H,6-10H2,1H3. The fraction of sp³-hybridized carbons (Fsp3) is 0.571. The van der Waals surface area contributed by atoms with Crippen molar-refractivity contribution in [1.29, 1.82) is 0 Å². The fourth-order valence-electron chi connectivity index (χ4n) is 2.95. The zero-order chi connectivity index (χ0) is 15.7. The second-order valence-corrected chi connectivity index (χ2v) is 7.96. The van der Waals surface area contributed by atoms with Gasteiger partial charge in [-0.25, -0.2) is 8.42 Å². The molecule has 0 bridgehead atoms. The lowest BCUT2D eigenvalue weighted by Gasteiger charge is -2.31. The normalized spacial score (nSPS) is 28.1. The Bertz CT molecular complexity index is 633. The molecule has 0 aliphatic carbocycles. The van der Waals surface area contributed by atoms with Gasteiger partial charge >= 0.3 is 0 Å². The number of halogens is 1. The SMILES string of the molecule is CN1OCC(S(=O)(=O)N2CCOCC2)C1c1ccccc1Cl. The summed E-state index contributed by atoms with van der Waals surface area (Å²) in [5.74, 6) is 0. The maximum absolute atomic E-state index is 12.9. The molecule has 22 heavy (non-hydrogen) atoms.